The minimum Gasteiger partial charge on any atom is -0.495 e. The molecule has 2 aromatic carbocycles. The van der Waals surface area contributed by atoms with Crippen molar-refractivity contribution in [2.75, 3.05) is 71.1 Å². The van der Waals surface area contributed by atoms with Crippen LogP contribution in [0.2, 0.25) is 10.0 Å². The molecule has 4 N–H and O–H groups in total. The summed E-state index contributed by atoms with van der Waals surface area (Å²) in [4.78, 5) is 59.7. The van der Waals surface area contributed by atoms with Crippen molar-refractivity contribution in [1.29, 1.82) is 0 Å². The first-order valence-electron chi connectivity index (χ1n) is 17.8. The van der Waals surface area contributed by atoms with E-state index < -0.39 is 5.91 Å². The van der Waals surface area contributed by atoms with E-state index in [0.29, 0.717) is 70.5 Å². The third kappa shape index (κ3) is 9.60. The van der Waals surface area contributed by atoms with Crippen LogP contribution < -0.4 is 25.8 Å². The Morgan fingerprint density at radius 1 is 0.821 bits per heavy atom. The van der Waals surface area contributed by atoms with Crippen molar-refractivity contribution >= 4 is 63.6 Å². The number of benzene rings is 2. The fraction of sp³-hybridized carbons (Fsp3) is 0.308. The number of piperazine rings is 2. The molecule has 0 bridgehead atoms. The maximum atomic E-state index is 13.3. The second-order valence-electron chi connectivity index (χ2n) is 13.1. The number of hydrogen-bond acceptors (Lipinski definition) is 12. The van der Waals surface area contributed by atoms with Crippen molar-refractivity contribution in [3.63, 3.8) is 0 Å². The van der Waals surface area contributed by atoms with Crippen LogP contribution >= 0.6 is 23.2 Å². The van der Waals surface area contributed by atoms with Gasteiger partial charge in [-0.15, -0.1) is 0 Å². The maximum absolute atomic E-state index is 13.3. The molecule has 15 nitrogen and oxygen atoms in total. The fourth-order valence-corrected chi connectivity index (χ4v) is 7.14. The lowest BCUT2D eigenvalue weighted by Crippen LogP contribution is -2.47. The summed E-state index contributed by atoms with van der Waals surface area (Å²) < 4.78 is 10.8. The average Bonchev–Trinajstić information content (AvgIpc) is 3.20. The van der Waals surface area contributed by atoms with Gasteiger partial charge in [0.15, 0.2) is 0 Å². The second kappa shape index (κ2) is 18.3. The van der Waals surface area contributed by atoms with Crippen LogP contribution in [0.1, 0.15) is 28.4 Å². The molecule has 0 saturated carbocycles. The second-order valence-corrected chi connectivity index (χ2v) is 13.9. The van der Waals surface area contributed by atoms with Gasteiger partial charge in [0.2, 0.25) is 11.8 Å². The molecule has 0 spiro atoms. The highest BCUT2D eigenvalue weighted by Gasteiger charge is 2.24. The Balaban J connectivity index is 0.000000261. The van der Waals surface area contributed by atoms with Gasteiger partial charge in [-0.05, 0) is 29.3 Å². The van der Waals surface area contributed by atoms with Crippen molar-refractivity contribution in [3.05, 3.63) is 94.0 Å². The highest BCUT2D eigenvalue weighted by molar-refractivity contribution is 6.41. The Morgan fingerprint density at radius 3 is 2.05 bits per heavy atom. The zero-order chi connectivity index (χ0) is 39.8. The van der Waals surface area contributed by atoms with Crippen molar-refractivity contribution in [1.82, 2.24) is 40.0 Å². The van der Waals surface area contributed by atoms with E-state index in [9.17, 15) is 14.4 Å². The first-order chi connectivity index (χ1) is 27.0. The normalized spacial score (nSPS) is 14.7. The van der Waals surface area contributed by atoms with Crippen LogP contribution in [0.15, 0.2) is 67.3 Å². The average molecular weight is 802 g/mol. The number of carbonyl (C=O) groups excluding carboxylic acids is 3. The Labute approximate surface area is 334 Å². The Bertz CT molecular complexity index is 2170. The first-order valence-corrected chi connectivity index (χ1v) is 18.6. The molecule has 0 unspecified atom stereocenters. The maximum Gasteiger partial charge on any atom is 0.259 e. The summed E-state index contributed by atoms with van der Waals surface area (Å²) in [5.74, 6) is 1.46. The molecule has 0 radical (unpaired) electrons. The molecule has 2 fully saturated rings. The number of rotatable bonds is 9. The molecular formula is C39H42Cl2N10O5. The van der Waals surface area contributed by atoms with E-state index in [2.05, 4.69) is 35.5 Å². The van der Waals surface area contributed by atoms with Gasteiger partial charge in [-0.2, -0.15) is 0 Å². The first kappa shape index (κ1) is 40.1. The monoisotopic (exact) mass is 800 g/mol. The standard InChI is InChI=1S/C27H24Cl2N6O4.C12H18N4O/c1-38-18-11-19(39-2)24(29)22(23(18)28)16-4-5-17(26-25(16)31-7-8-32-26)27(37)34-20-6-3-15(12-33-20)13-35-10-9-30-21(36)14-35;1-10(17)16-6-4-15(5-7-16)9-11-2-3-12(13)14-8-11/h3-8,11-12H,9-10,13-14H2,1-2H3,(H,30,36)(H,33,34,37);2-3,8H,4-7,9H2,1H3,(H2,13,14). The molecule has 5 heterocycles. The van der Waals surface area contributed by atoms with E-state index >= 15 is 0 Å². The number of carbonyl (C=O) groups is 3. The number of ether oxygens (including phenoxy) is 2. The molecule has 7 rings (SSSR count). The number of pyridine rings is 2. The van der Waals surface area contributed by atoms with Crippen LogP contribution in [0.4, 0.5) is 11.6 Å². The lowest BCUT2D eigenvalue weighted by Gasteiger charge is -2.34. The van der Waals surface area contributed by atoms with Gasteiger partial charge < -0.3 is 30.7 Å². The van der Waals surface area contributed by atoms with Crippen molar-refractivity contribution < 1.29 is 23.9 Å². The minimum atomic E-state index is -0.402. The van der Waals surface area contributed by atoms with Crippen molar-refractivity contribution in [2.45, 2.75) is 20.0 Å². The van der Waals surface area contributed by atoms with Crippen LogP contribution in [0.5, 0.6) is 11.5 Å². The number of anilines is 2. The lowest BCUT2D eigenvalue weighted by molar-refractivity contribution is -0.130. The van der Waals surface area contributed by atoms with Crippen LogP contribution in [0.25, 0.3) is 22.2 Å². The molecule has 2 aliphatic rings. The topological polar surface area (TPSA) is 181 Å². The number of hydrogen-bond donors (Lipinski definition) is 3. The molecular weight excluding hydrogens is 759 g/mol. The quantitative estimate of drug-likeness (QED) is 0.190. The number of nitrogen functional groups attached to an aromatic ring is 1. The number of nitrogens with two attached hydrogens (primary N) is 1. The van der Waals surface area contributed by atoms with Gasteiger partial charge in [0, 0.05) is 101 Å². The molecule has 3 aromatic heterocycles. The summed E-state index contributed by atoms with van der Waals surface area (Å²) in [6.45, 7) is 8.31. The molecule has 2 aliphatic heterocycles. The summed E-state index contributed by atoms with van der Waals surface area (Å²) in [6.07, 6.45) is 6.53. The fourth-order valence-electron chi connectivity index (χ4n) is 6.43. The zero-order valence-electron chi connectivity index (χ0n) is 31.2. The number of halogens is 2. The SMILES string of the molecule is CC(=O)N1CCN(Cc2ccc(N)nc2)CC1.COc1cc(OC)c(Cl)c(-c2ccc(C(=O)Nc3ccc(CN4CCNC(=O)C4)cn3)c3nccnc23)c1Cl. The van der Waals surface area contributed by atoms with E-state index in [1.807, 2.05) is 34.2 Å². The molecule has 292 valence electrons. The highest BCUT2D eigenvalue weighted by Crippen LogP contribution is 2.47. The summed E-state index contributed by atoms with van der Waals surface area (Å²) in [7, 11) is 2.99. The molecule has 0 atom stereocenters. The third-order valence-electron chi connectivity index (χ3n) is 9.37. The van der Waals surface area contributed by atoms with Gasteiger partial charge in [-0.3, -0.25) is 34.2 Å². The highest BCUT2D eigenvalue weighted by atomic mass is 35.5. The molecule has 5 aromatic rings. The predicted octanol–water partition coefficient (Wildman–Crippen LogP) is 4.53. The van der Waals surface area contributed by atoms with E-state index in [1.54, 1.807) is 37.4 Å². The summed E-state index contributed by atoms with van der Waals surface area (Å²) >= 11 is 13.3. The Hall–Kier alpha value is -5.61. The van der Waals surface area contributed by atoms with Crippen LogP contribution in [-0.4, -0.2) is 112 Å². The Kier molecular flexibility index (Phi) is 13.1. The third-order valence-corrected chi connectivity index (χ3v) is 10.1. The molecule has 0 aliphatic carbocycles. The zero-order valence-corrected chi connectivity index (χ0v) is 32.7. The van der Waals surface area contributed by atoms with E-state index in [1.165, 1.54) is 26.6 Å². The number of nitrogens with one attached hydrogen (secondary N) is 2. The Morgan fingerprint density at radius 2 is 1.46 bits per heavy atom. The van der Waals surface area contributed by atoms with Gasteiger partial charge in [0.05, 0.1) is 41.9 Å². The summed E-state index contributed by atoms with van der Waals surface area (Å²) in [5, 5.41) is 6.19. The number of aromatic nitrogens is 4. The number of amides is 3. The molecule has 2 saturated heterocycles. The van der Waals surface area contributed by atoms with E-state index in [-0.39, 0.29) is 21.9 Å². The van der Waals surface area contributed by atoms with Crippen LogP contribution in [0.3, 0.4) is 0 Å². The van der Waals surface area contributed by atoms with Crippen LogP contribution in [0, 0.1) is 0 Å². The smallest absolute Gasteiger partial charge is 0.259 e. The summed E-state index contributed by atoms with van der Waals surface area (Å²) in [5.41, 5.74) is 9.75. The van der Waals surface area contributed by atoms with Gasteiger partial charge in [-0.25, -0.2) is 9.97 Å². The largest absolute Gasteiger partial charge is 0.495 e. The van der Waals surface area contributed by atoms with Gasteiger partial charge >= 0.3 is 0 Å². The van der Waals surface area contributed by atoms with Crippen molar-refractivity contribution in [3.8, 4) is 22.6 Å². The van der Waals surface area contributed by atoms with Crippen LogP contribution in [-0.2, 0) is 22.7 Å². The van der Waals surface area contributed by atoms with Crippen molar-refractivity contribution in [2.24, 2.45) is 0 Å². The summed E-state index contributed by atoms with van der Waals surface area (Å²) in [6, 6.07) is 12.4. The molecule has 17 heteroatoms. The number of methoxy groups -OCH3 is 2. The number of fused-ring (bicyclic) bond motifs is 1. The minimum absolute atomic E-state index is 0.00881. The molecule has 56 heavy (non-hydrogen) atoms. The van der Waals surface area contributed by atoms with Gasteiger partial charge in [-0.1, -0.05) is 41.4 Å². The van der Waals surface area contributed by atoms with E-state index in [4.69, 9.17) is 38.4 Å². The van der Waals surface area contributed by atoms with Gasteiger partial charge in [0.25, 0.3) is 5.91 Å². The number of nitrogens with zero attached hydrogens (tertiary/aromatic N) is 7. The van der Waals surface area contributed by atoms with E-state index in [0.717, 1.165) is 50.4 Å². The molecule has 3 amide bonds. The van der Waals surface area contributed by atoms with Gasteiger partial charge in [0.1, 0.15) is 28.7 Å². The predicted molar refractivity (Wildman–Crippen MR) is 215 cm³/mol. The lowest BCUT2D eigenvalue weighted by atomic mass is 9.99.